The van der Waals surface area contributed by atoms with Crippen LogP contribution in [0.2, 0.25) is 0 Å². The topological polar surface area (TPSA) is 80.0 Å². The molecule has 2 aromatic rings. The van der Waals surface area contributed by atoms with Crippen LogP contribution in [0.15, 0.2) is 30.3 Å². The predicted octanol–water partition coefficient (Wildman–Crippen LogP) is 1.74. The van der Waals surface area contributed by atoms with Crippen LogP contribution in [0, 0.1) is 0 Å². The molecule has 0 radical (unpaired) electrons. The summed E-state index contributed by atoms with van der Waals surface area (Å²) in [6, 6.07) is 9.25. The molecule has 0 aliphatic heterocycles. The quantitative estimate of drug-likeness (QED) is 0.839. The van der Waals surface area contributed by atoms with Gasteiger partial charge in [0.1, 0.15) is 0 Å². The Morgan fingerprint density at radius 1 is 1.41 bits per heavy atom. The van der Waals surface area contributed by atoms with Gasteiger partial charge >= 0.3 is 5.97 Å². The van der Waals surface area contributed by atoms with E-state index < -0.39 is 5.97 Å². The first-order chi connectivity index (χ1) is 8.22. The minimum Gasteiger partial charge on any atom is -0.476 e. The minimum atomic E-state index is -1.05. The number of aromatic nitrogens is 3. The van der Waals surface area contributed by atoms with Gasteiger partial charge in [-0.15, -0.1) is 5.10 Å². The highest BCUT2D eigenvalue weighted by molar-refractivity contribution is 5.91. The maximum absolute atomic E-state index is 11.1. The number of hydrogen-bond donors (Lipinski definition) is 2. The molecule has 6 heteroatoms. The number of carboxylic acids is 1. The van der Waals surface area contributed by atoms with Crippen molar-refractivity contribution in [2.45, 2.75) is 13.5 Å². The Morgan fingerprint density at radius 2 is 2.12 bits per heavy atom. The summed E-state index contributed by atoms with van der Waals surface area (Å²) in [5, 5.41) is 19.6. The molecule has 6 nitrogen and oxygen atoms in total. The van der Waals surface area contributed by atoms with E-state index in [1.165, 1.54) is 4.68 Å². The molecule has 17 heavy (non-hydrogen) atoms. The Kier molecular flexibility index (Phi) is 3.04. The summed E-state index contributed by atoms with van der Waals surface area (Å²) in [4.78, 5) is 11.1. The maximum Gasteiger partial charge on any atom is 0.358 e. The molecule has 0 amide bonds. The summed E-state index contributed by atoms with van der Waals surface area (Å²) >= 11 is 0. The normalized spacial score (nSPS) is 10.2. The van der Waals surface area contributed by atoms with E-state index >= 15 is 0 Å². The summed E-state index contributed by atoms with van der Waals surface area (Å²) in [5.74, 6) is -0.791. The van der Waals surface area contributed by atoms with Crippen molar-refractivity contribution < 1.29 is 9.90 Å². The smallest absolute Gasteiger partial charge is 0.358 e. The molecule has 0 aliphatic carbocycles. The number of rotatable bonds is 4. The molecule has 0 spiro atoms. The van der Waals surface area contributed by atoms with Crippen LogP contribution >= 0.6 is 0 Å². The zero-order chi connectivity index (χ0) is 12.3. The Hall–Kier alpha value is -2.37. The van der Waals surface area contributed by atoms with Crippen molar-refractivity contribution in [1.29, 1.82) is 0 Å². The predicted molar refractivity (Wildman–Crippen MR) is 62.4 cm³/mol. The average Bonchev–Trinajstić information content (AvgIpc) is 2.73. The molecular weight excluding hydrogens is 220 g/mol. The van der Waals surface area contributed by atoms with E-state index in [1.807, 2.05) is 37.3 Å². The summed E-state index contributed by atoms with van der Waals surface area (Å²) in [6.45, 7) is 2.28. The average molecular weight is 232 g/mol. The first kappa shape index (κ1) is 11.1. The van der Waals surface area contributed by atoms with Crippen molar-refractivity contribution in [3.63, 3.8) is 0 Å². The molecule has 1 aromatic heterocycles. The zero-order valence-corrected chi connectivity index (χ0v) is 9.29. The van der Waals surface area contributed by atoms with Gasteiger partial charge < -0.3 is 10.4 Å². The Bertz CT molecular complexity index is 522. The van der Waals surface area contributed by atoms with Crippen LogP contribution in [0.5, 0.6) is 0 Å². The molecule has 0 saturated heterocycles. The molecule has 0 atom stereocenters. The number of nitrogens with one attached hydrogen (secondary N) is 1. The Morgan fingerprint density at radius 3 is 2.71 bits per heavy atom. The van der Waals surface area contributed by atoms with E-state index in [2.05, 4.69) is 15.6 Å². The number of aromatic carboxylic acids is 1. The van der Waals surface area contributed by atoms with Gasteiger partial charge in [0.25, 0.3) is 0 Å². The van der Waals surface area contributed by atoms with E-state index in [9.17, 15) is 4.79 Å². The van der Waals surface area contributed by atoms with Crippen LogP contribution in [0.1, 0.15) is 17.4 Å². The summed E-state index contributed by atoms with van der Waals surface area (Å²) in [6.07, 6.45) is 0. The van der Waals surface area contributed by atoms with Crippen molar-refractivity contribution in [3.8, 4) is 0 Å². The van der Waals surface area contributed by atoms with Crippen LogP contribution in [0.3, 0.4) is 0 Å². The third kappa shape index (κ3) is 2.25. The van der Waals surface area contributed by atoms with E-state index in [1.54, 1.807) is 0 Å². The molecule has 0 saturated carbocycles. The second-order valence-electron chi connectivity index (χ2n) is 3.40. The van der Waals surface area contributed by atoms with E-state index in [0.717, 1.165) is 5.69 Å². The van der Waals surface area contributed by atoms with E-state index in [0.29, 0.717) is 6.54 Å². The molecular formula is C11H12N4O2. The Balaban J connectivity index is 2.33. The van der Waals surface area contributed by atoms with Crippen molar-refractivity contribution in [3.05, 3.63) is 36.0 Å². The van der Waals surface area contributed by atoms with Crippen molar-refractivity contribution in [2.75, 3.05) is 5.32 Å². The van der Waals surface area contributed by atoms with Gasteiger partial charge in [-0.3, -0.25) is 0 Å². The fourth-order valence-corrected chi connectivity index (χ4v) is 1.49. The molecule has 0 bridgehead atoms. The number of anilines is 2. The number of hydrogen-bond acceptors (Lipinski definition) is 4. The number of nitrogens with zero attached hydrogens (tertiary/aromatic N) is 3. The van der Waals surface area contributed by atoms with Crippen LogP contribution < -0.4 is 5.32 Å². The summed E-state index contributed by atoms with van der Waals surface area (Å²) < 4.78 is 1.34. The third-order valence-electron chi connectivity index (χ3n) is 2.27. The molecule has 88 valence electrons. The highest BCUT2D eigenvalue weighted by atomic mass is 16.4. The maximum atomic E-state index is 11.1. The summed E-state index contributed by atoms with van der Waals surface area (Å²) in [7, 11) is 0. The number of para-hydroxylation sites is 1. The van der Waals surface area contributed by atoms with Gasteiger partial charge in [0.2, 0.25) is 0 Å². The monoisotopic (exact) mass is 232 g/mol. The van der Waals surface area contributed by atoms with Gasteiger partial charge in [0.05, 0.1) is 0 Å². The highest BCUT2D eigenvalue weighted by Crippen LogP contribution is 2.17. The standard InChI is InChI=1S/C11H12N4O2/c1-2-15-9(11(16)17)10(13-14-15)12-8-6-4-3-5-7-8/h3-7,12H,2H2,1H3,(H,16,17). The number of carboxylic acid groups (broad SMARTS) is 1. The van der Waals surface area contributed by atoms with Gasteiger partial charge in [-0.25, -0.2) is 9.48 Å². The fourth-order valence-electron chi connectivity index (χ4n) is 1.49. The molecule has 0 unspecified atom stereocenters. The van der Waals surface area contributed by atoms with Crippen LogP contribution in [-0.2, 0) is 6.54 Å². The van der Waals surface area contributed by atoms with Gasteiger partial charge in [-0.05, 0) is 19.1 Å². The number of aryl methyl sites for hydroxylation is 1. The molecule has 0 aliphatic rings. The first-order valence-corrected chi connectivity index (χ1v) is 5.21. The lowest BCUT2D eigenvalue weighted by Crippen LogP contribution is -2.10. The van der Waals surface area contributed by atoms with Crippen LogP contribution in [-0.4, -0.2) is 26.1 Å². The van der Waals surface area contributed by atoms with Gasteiger partial charge in [0, 0.05) is 12.2 Å². The lowest BCUT2D eigenvalue weighted by molar-refractivity contribution is 0.0684. The second kappa shape index (κ2) is 4.65. The summed E-state index contributed by atoms with van der Waals surface area (Å²) in [5.41, 5.74) is 0.842. The fraction of sp³-hybridized carbons (Fsp3) is 0.182. The lowest BCUT2D eigenvalue weighted by Gasteiger charge is -2.04. The first-order valence-electron chi connectivity index (χ1n) is 5.21. The van der Waals surface area contributed by atoms with Crippen molar-refractivity contribution in [1.82, 2.24) is 15.0 Å². The SMILES string of the molecule is CCn1nnc(Nc2ccccc2)c1C(=O)O. The Labute approximate surface area is 97.9 Å². The molecule has 2 rings (SSSR count). The molecule has 2 N–H and O–H groups in total. The highest BCUT2D eigenvalue weighted by Gasteiger charge is 2.18. The van der Waals surface area contributed by atoms with Crippen molar-refractivity contribution >= 4 is 17.5 Å². The largest absolute Gasteiger partial charge is 0.476 e. The van der Waals surface area contributed by atoms with Gasteiger partial charge in [-0.1, -0.05) is 23.4 Å². The van der Waals surface area contributed by atoms with Gasteiger partial charge in [-0.2, -0.15) is 0 Å². The molecule has 1 aromatic carbocycles. The van der Waals surface area contributed by atoms with Crippen LogP contribution in [0.4, 0.5) is 11.5 Å². The van der Waals surface area contributed by atoms with Gasteiger partial charge in [0.15, 0.2) is 11.5 Å². The lowest BCUT2D eigenvalue weighted by atomic mass is 10.3. The van der Waals surface area contributed by atoms with Crippen LogP contribution in [0.25, 0.3) is 0 Å². The zero-order valence-electron chi connectivity index (χ0n) is 9.29. The van der Waals surface area contributed by atoms with E-state index in [-0.39, 0.29) is 11.5 Å². The second-order valence-corrected chi connectivity index (χ2v) is 3.40. The number of benzene rings is 1. The van der Waals surface area contributed by atoms with Crippen molar-refractivity contribution in [2.24, 2.45) is 0 Å². The number of carbonyl (C=O) groups is 1. The molecule has 1 heterocycles. The third-order valence-corrected chi connectivity index (χ3v) is 2.27. The van der Waals surface area contributed by atoms with E-state index in [4.69, 9.17) is 5.11 Å². The molecule has 0 fully saturated rings. The minimum absolute atomic E-state index is 0.0661.